The summed E-state index contributed by atoms with van der Waals surface area (Å²) >= 11 is 0. The van der Waals surface area contributed by atoms with Crippen LogP contribution in [0.4, 0.5) is 0 Å². The van der Waals surface area contributed by atoms with Gasteiger partial charge in [-0.15, -0.1) is 0 Å². The van der Waals surface area contributed by atoms with E-state index < -0.39 is 8.07 Å². The zero-order chi connectivity index (χ0) is 11.0. The quantitative estimate of drug-likeness (QED) is 0.370. The van der Waals surface area contributed by atoms with E-state index in [9.17, 15) is 4.79 Å². The highest BCUT2D eigenvalue weighted by Gasteiger charge is 2.09. The number of ether oxygens (including phenoxy) is 1. The molecule has 14 heavy (non-hydrogen) atoms. The maximum absolute atomic E-state index is 10.1. The van der Waals surface area contributed by atoms with E-state index in [1.54, 1.807) is 0 Å². The number of hydrogen-bond donors (Lipinski definition) is 0. The molecule has 0 spiro atoms. The van der Waals surface area contributed by atoms with E-state index in [0.717, 1.165) is 6.29 Å². The van der Waals surface area contributed by atoms with Crippen molar-refractivity contribution in [2.24, 2.45) is 0 Å². The summed E-state index contributed by atoms with van der Waals surface area (Å²) in [6.07, 6.45) is 5.68. The van der Waals surface area contributed by atoms with Crippen LogP contribution in [0.1, 0.15) is 13.3 Å². The molecule has 0 bridgehead atoms. The van der Waals surface area contributed by atoms with Gasteiger partial charge in [0, 0.05) is 14.5 Å². The third kappa shape index (κ3) is 9.67. The van der Waals surface area contributed by atoms with Gasteiger partial charge in [0.1, 0.15) is 6.29 Å². The lowest BCUT2D eigenvalue weighted by molar-refractivity contribution is -0.109. The summed E-state index contributed by atoms with van der Waals surface area (Å²) in [6, 6.07) is 1.19. The molecule has 0 radical (unpaired) electrons. The van der Waals surface area contributed by atoms with Crippen LogP contribution in [0, 0.1) is 0 Å². The Morgan fingerprint density at radius 3 is 2.43 bits per heavy atom. The Morgan fingerprint density at radius 2 is 1.93 bits per heavy atom. The fraction of sp³-hybridized carbons (Fsp3) is 0.727. The first-order valence-electron chi connectivity index (χ1n) is 5.16. The summed E-state index contributed by atoms with van der Waals surface area (Å²) in [4.78, 5) is 10.1. The van der Waals surface area contributed by atoms with Gasteiger partial charge in [0.05, 0.1) is 12.7 Å². The molecule has 0 heterocycles. The lowest BCUT2D eigenvalue weighted by Gasteiger charge is -2.12. The van der Waals surface area contributed by atoms with Crippen LogP contribution in [0.25, 0.3) is 0 Å². The van der Waals surface area contributed by atoms with E-state index >= 15 is 0 Å². The monoisotopic (exact) mass is 214 g/mol. The molecule has 0 saturated carbocycles. The van der Waals surface area contributed by atoms with Gasteiger partial charge in [-0.1, -0.05) is 31.8 Å². The number of rotatable bonds is 7. The van der Waals surface area contributed by atoms with Crippen LogP contribution in [0.15, 0.2) is 12.2 Å². The molecule has 3 heteroatoms. The van der Waals surface area contributed by atoms with Crippen molar-refractivity contribution in [1.82, 2.24) is 0 Å². The lowest BCUT2D eigenvalue weighted by Crippen LogP contribution is -2.17. The molecule has 0 rings (SSSR count). The third-order valence-corrected chi connectivity index (χ3v) is 3.26. The minimum absolute atomic E-state index is 0.0454. The Labute approximate surface area is 88.4 Å². The predicted octanol–water partition coefficient (Wildman–Crippen LogP) is 2.87. The van der Waals surface area contributed by atoms with Crippen molar-refractivity contribution in [2.45, 2.75) is 45.1 Å². The molecular weight excluding hydrogens is 192 g/mol. The molecule has 1 atom stereocenters. The molecule has 0 N–H and O–H groups in total. The molecule has 0 amide bonds. The smallest absolute Gasteiger partial charge is 0.122 e. The molecule has 0 aliphatic carbocycles. The standard InChI is InChI=1S/C11H22O2Si/c1-11(7-8-12)13-9-5-6-10-14(2,3)4/h5-6,8,11H,7,9-10H2,1-4H3/b6-5-. The van der Waals surface area contributed by atoms with Crippen LogP contribution in [0.5, 0.6) is 0 Å². The van der Waals surface area contributed by atoms with Gasteiger partial charge >= 0.3 is 0 Å². The van der Waals surface area contributed by atoms with Crippen LogP contribution in [-0.4, -0.2) is 27.1 Å². The average Bonchev–Trinajstić information content (AvgIpc) is 2.02. The third-order valence-electron chi connectivity index (χ3n) is 1.80. The molecule has 82 valence electrons. The van der Waals surface area contributed by atoms with Crippen LogP contribution in [0.2, 0.25) is 25.7 Å². The Kier molecular flexibility index (Phi) is 6.75. The molecule has 0 saturated heterocycles. The number of hydrogen-bond acceptors (Lipinski definition) is 2. The van der Waals surface area contributed by atoms with Crippen molar-refractivity contribution >= 4 is 14.4 Å². The van der Waals surface area contributed by atoms with Gasteiger partial charge in [-0.3, -0.25) is 0 Å². The van der Waals surface area contributed by atoms with E-state index in [4.69, 9.17) is 4.74 Å². The van der Waals surface area contributed by atoms with Gasteiger partial charge in [0.25, 0.3) is 0 Å². The molecule has 0 aliphatic heterocycles. The number of carbonyl (C=O) groups is 1. The first-order chi connectivity index (χ1) is 6.45. The maximum atomic E-state index is 10.1. The van der Waals surface area contributed by atoms with E-state index in [0.29, 0.717) is 13.0 Å². The van der Waals surface area contributed by atoms with Gasteiger partial charge in [-0.25, -0.2) is 0 Å². The summed E-state index contributed by atoms with van der Waals surface area (Å²) in [5.41, 5.74) is 0. The second kappa shape index (κ2) is 6.96. The average molecular weight is 214 g/mol. The Hall–Kier alpha value is -0.413. The number of aldehydes is 1. The van der Waals surface area contributed by atoms with Crippen molar-refractivity contribution in [3.05, 3.63) is 12.2 Å². The van der Waals surface area contributed by atoms with E-state index in [1.807, 2.05) is 6.92 Å². The molecule has 0 aromatic carbocycles. The molecule has 2 nitrogen and oxygen atoms in total. The highest BCUT2D eigenvalue weighted by Crippen LogP contribution is 2.08. The van der Waals surface area contributed by atoms with E-state index in [2.05, 4.69) is 31.8 Å². The summed E-state index contributed by atoms with van der Waals surface area (Å²) in [5, 5.41) is 0. The van der Waals surface area contributed by atoms with Crippen LogP contribution < -0.4 is 0 Å². The fourth-order valence-electron chi connectivity index (χ4n) is 0.928. The molecule has 0 fully saturated rings. The first-order valence-corrected chi connectivity index (χ1v) is 8.86. The highest BCUT2D eigenvalue weighted by atomic mass is 28.3. The Morgan fingerprint density at radius 1 is 1.29 bits per heavy atom. The first kappa shape index (κ1) is 13.6. The van der Waals surface area contributed by atoms with E-state index in [-0.39, 0.29) is 6.10 Å². The summed E-state index contributed by atoms with van der Waals surface area (Å²) in [7, 11) is -0.948. The fourth-order valence-corrected chi connectivity index (χ4v) is 1.80. The largest absolute Gasteiger partial charge is 0.374 e. The zero-order valence-electron chi connectivity index (χ0n) is 9.75. The van der Waals surface area contributed by atoms with Crippen LogP contribution >= 0.6 is 0 Å². The second-order valence-corrected chi connectivity index (χ2v) is 10.3. The molecular formula is C11H22O2Si. The van der Waals surface area contributed by atoms with Crippen LogP contribution in [0.3, 0.4) is 0 Å². The molecule has 0 aromatic heterocycles. The highest BCUT2D eigenvalue weighted by molar-refractivity contribution is 6.76. The van der Waals surface area contributed by atoms with E-state index in [1.165, 1.54) is 6.04 Å². The zero-order valence-corrected chi connectivity index (χ0v) is 10.7. The molecule has 1 unspecified atom stereocenters. The van der Waals surface area contributed by atoms with Gasteiger partial charge in [0.15, 0.2) is 0 Å². The summed E-state index contributed by atoms with van der Waals surface area (Å²) in [6.45, 7) is 9.56. The number of carbonyl (C=O) groups excluding carboxylic acids is 1. The second-order valence-electron chi connectivity index (χ2n) is 4.78. The molecule has 0 aliphatic rings. The number of allylic oxidation sites excluding steroid dienone is 1. The van der Waals surface area contributed by atoms with Crippen molar-refractivity contribution in [3.63, 3.8) is 0 Å². The minimum Gasteiger partial charge on any atom is -0.374 e. The van der Waals surface area contributed by atoms with Gasteiger partial charge < -0.3 is 9.53 Å². The summed E-state index contributed by atoms with van der Waals surface area (Å²) < 4.78 is 5.39. The van der Waals surface area contributed by atoms with Crippen molar-refractivity contribution in [3.8, 4) is 0 Å². The van der Waals surface area contributed by atoms with Crippen LogP contribution in [-0.2, 0) is 9.53 Å². The lowest BCUT2D eigenvalue weighted by atomic mass is 10.3. The normalized spacial score (nSPS) is 14.6. The van der Waals surface area contributed by atoms with Gasteiger partial charge in [0.2, 0.25) is 0 Å². The predicted molar refractivity (Wildman–Crippen MR) is 63.4 cm³/mol. The SMILES string of the molecule is CC(CC=O)OC/C=C\C[Si](C)(C)C. The van der Waals surface area contributed by atoms with Gasteiger partial charge in [-0.05, 0) is 13.0 Å². The Bertz CT molecular complexity index is 182. The minimum atomic E-state index is -0.948. The van der Waals surface area contributed by atoms with Crippen molar-refractivity contribution < 1.29 is 9.53 Å². The topological polar surface area (TPSA) is 26.3 Å². The molecule has 0 aromatic rings. The van der Waals surface area contributed by atoms with Crippen molar-refractivity contribution in [2.75, 3.05) is 6.61 Å². The summed E-state index contributed by atoms with van der Waals surface area (Å²) in [5.74, 6) is 0. The maximum Gasteiger partial charge on any atom is 0.122 e. The van der Waals surface area contributed by atoms with Crippen molar-refractivity contribution in [1.29, 1.82) is 0 Å². The van der Waals surface area contributed by atoms with Gasteiger partial charge in [-0.2, -0.15) is 0 Å². The Balaban J connectivity index is 3.49.